The second kappa shape index (κ2) is 7.03. The van der Waals surface area contributed by atoms with Crippen molar-refractivity contribution in [3.63, 3.8) is 0 Å². The van der Waals surface area contributed by atoms with E-state index >= 15 is 0 Å². The third-order valence-corrected chi connectivity index (χ3v) is 3.69. The summed E-state index contributed by atoms with van der Waals surface area (Å²) in [7, 11) is 0. The molecule has 0 atom stereocenters. The number of amides is 1. The number of carbonyl (C=O) groups is 2. The van der Waals surface area contributed by atoms with Gasteiger partial charge in [0.1, 0.15) is 6.20 Å². The number of anilines is 2. The molecule has 2 aromatic rings. The van der Waals surface area contributed by atoms with Crippen molar-refractivity contribution in [3.05, 3.63) is 45.1 Å². The lowest BCUT2D eigenvalue weighted by Gasteiger charge is -2.05. The minimum absolute atomic E-state index is 0.0356. The first-order valence-electron chi connectivity index (χ1n) is 5.99. The summed E-state index contributed by atoms with van der Waals surface area (Å²) in [4.78, 5) is 36.9. The summed E-state index contributed by atoms with van der Waals surface area (Å²) in [6.07, 6.45) is 1.02. The highest BCUT2D eigenvalue weighted by atomic mass is 35.5. The van der Waals surface area contributed by atoms with Crippen LogP contribution in [0.2, 0.25) is 5.02 Å². The van der Waals surface area contributed by atoms with Crippen LogP contribution >= 0.6 is 22.9 Å². The van der Waals surface area contributed by atoms with Crippen LogP contribution in [0.1, 0.15) is 10.4 Å². The summed E-state index contributed by atoms with van der Waals surface area (Å²) >= 11 is 6.42. The average Bonchev–Trinajstić information content (AvgIpc) is 2.96. The smallest absolute Gasteiger partial charge is 0.345 e. The van der Waals surface area contributed by atoms with Gasteiger partial charge in [-0.1, -0.05) is 11.6 Å². The van der Waals surface area contributed by atoms with Crippen LogP contribution in [-0.4, -0.2) is 28.4 Å². The van der Waals surface area contributed by atoms with Crippen LogP contribution in [0.15, 0.2) is 24.4 Å². The number of nitro groups is 1. The number of thiazole rings is 1. The SMILES string of the molecule is Nc1cc(C(=O)OCC(=O)Nc2ncc([N+](=O)[O-])s2)ccc1Cl. The Bertz CT molecular complexity index is 779. The van der Waals surface area contributed by atoms with E-state index in [2.05, 4.69) is 10.3 Å². The molecule has 1 amide bonds. The molecule has 0 saturated carbocycles. The first kappa shape index (κ1) is 16.6. The fourth-order valence-corrected chi connectivity index (χ4v) is 2.21. The number of benzene rings is 1. The van der Waals surface area contributed by atoms with Crippen molar-refractivity contribution < 1.29 is 19.2 Å². The number of hydrogen-bond acceptors (Lipinski definition) is 8. The molecule has 0 bridgehead atoms. The average molecular weight is 357 g/mol. The molecule has 3 N–H and O–H groups in total. The molecule has 23 heavy (non-hydrogen) atoms. The Morgan fingerprint density at radius 2 is 2.22 bits per heavy atom. The molecule has 0 radical (unpaired) electrons. The zero-order chi connectivity index (χ0) is 17.0. The Morgan fingerprint density at radius 3 is 2.83 bits per heavy atom. The summed E-state index contributed by atoms with van der Waals surface area (Å²) < 4.78 is 4.80. The van der Waals surface area contributed by atoms with Crippen LogP contribution in [0.3, 0.4) is 0 Å². The molecule has 1 heterocycles. The van der Waals surface area contributed by atoms with E-state index in [1.165, 1.54) is 18.2 Å². The Kier molecular flexibility index (Phi) is 5.09. The summed E-state index contributed by atoms with van der Waals surface area (Å²) in [5.74, 6) is -1.43. The van der Waals surface area contributed by atoms with Gasteiger partial charge >= 0.3 is 11.0 Å². The quantitative estimate of drug-likeness (QED) is 0.362. The van der Waals surface area contributed by atoms with E-state index < -0.39 is 23.4 Å². The van der Waals surface area contributed by atoms with Crippen LogP contribution in [0, 0.1) is 10.1 Å². The minimum atomic E-state index is -0.756. The van der Waals surface area contributed by atoms with Crippen molar-refractivity contribution in [1.29, 1.82) is 0 Å². The van der Waals surface area contributed by atoms with Gasteiger partial charge in [-0.05, 0) is 29.5 Å². The number of nitrogens with two attached hydrogens (primary N) is 1. The number of hydrogen-bond donors (Lipinski definition) is 2. The van der Waals surface area contributed by atoms with Gasteiger partial charge in [-0.3, -0.25) is 20.2 Å². The van der Waals surface area contributed by atoms with Gasteiger partial charge in [-0.25, -0.2) is 9.78 Å². The van der Waals surface area contributed by atoms with E-state index in [1.54, 1.807) is 0 Å². The zero-order valence-corrected chi connectivity index (χ0v) is 12.9. The first-order valence-corrected chi connectivity index (χ1v) is 7.18. The van der Waals surface area contributed by atoms with Gasteiger partial charge in [0.2, 0.25) is 0 Å². The fourth-order valence-electron chi connectivity index (χ4n) is 1.45. The molecule has 0 fully saturated rings. The molecule has 0 saturated heterocycles. The lowest BCUT2D eigenvalue weighted by atomic mass is 10.2. The van der Waals surface area contributed by atoms with Gasteiger partial charge in [-0.2, -0.15) is 0 Å². The lowest BCUT2D eigenvalue weighted by molar-refractivity contribution is -0.380. The third kappa shape index (κ3) is 4.37. The van der Waals surface area contributed by atoms with E-state index in [0.717, 1.165) is 6.20 Å². The molecule has 0 aliphatic heterocycles. The molecule has 0 unspecified atom stereocenters. The number of nitrogen functional groups attached to an aromatic ring is 1. The highest BCUT2D eigenvalue weighted by Crippen LogP contribution is 2.24. The van der Waals surface area contributed by atoms with Gasteiger partial charge in [0, 0.05) is 0 Å². The lowest BCUT2D eigenvalue weighted by Crippen LogP contribution is -2.20. The topological polar surface area (TPSA) is 137 Å². The van der Waals surface area contributed by atoms with Crippen LogP contribution in [-0.2, 0) is 9.53 Å². The Labute approximate surface area is 138 Å². The number of nitrogens with zero attached hydrogens (tertiary/aromatic N) is 2. The van der Waals surface area contributed by atoms with Crippen LogP contribution in [0.25, 0.3) is 0 Å². The Balaban J connectivity index is 1.89. The second-order valence-corrected chi connectivity index (χ2v) is 5.54. The van der Waals surface area contributed by atoms with E-state index in [-0.39, 0.29) is 21.4 Å². The first-order chi connectivity index (χ1) is 10.9. The van der Waals surface area contributed by atoms with Gasteiger partial charge in [0.15, 0.2) is 11.7 Å². The van der Waals surface area contributed by atoms with Gasteiger partial charge in [0.25, 0.3) is 5.91 Å². The van der Waals surface area contributed by atoms with Crippen molar-refractivity contribution in [1.82, 2.24) is 4.98 Å². The van der Waals surface area contributed by atoms with Crippen molar-refractivity contribution in [3.8, 4) is 0 Å². The number of carbonyl (C=O) groups excluding carboxylic acids is 2. The number of nitrogens with one attached hydrogen (secondary N) is 1. The third-order valence-electron chi connectivity index (χ3n) is 2.49. The monoisotopic (exact) mass is 356 g/mol. The van der Waals surface area contributed by atoms with Crippen molar-refractivity contribution in [2.75, 3.05) is 17.7 Å². The predicted molar refractivity (Wildman–Crippen MR) is 83.5 cm³/mol. The molecule has 11 heteroatoms. The molecule has 1 aromatic carbocycles. The summed E-state index contributed by atoms with van der Waals surface area (Å²) in [5, 5.41) is 12.9. The largest absolute Gasteiger partial charge is 0.452 e. The molecule has 0 spiro atoms. The van der Waals surface area contributed by atoms with Crippen LogP contribution in [0.4, 0.5) is 15.8 Å². The Hall–Kier alpha value is -2.72. The molecule has 9 nitrogen and oxygen atoms in total. The summed E-state index contributed by atoms with van der Waals surface area (Å²) in [6, 6.07) is 4.16. The number of esters is 1. The number of ether oxygens (including phenoxy) is 1. The van der Waals surface area contributed by atoms with Crippen LogP contribution < -0.4 is 11.1 Å². The zero-order valence-electron chi connectivity index (χ0n) is 11.3. The van der Waals surface area contributed by atoms with E-state index in [0.29, 0.717) is 16.4 Å². The second-order valence-electron chi connectivity index (χ2n) is 4.12. The molecular weight excluding hydrogens is 348 g/mol. The highest BCUT2D eigenvalue weighted by molar-refractivity contribution is 7.18. The van der Waals surface area contributed by atoms with Gasteiger partial charge in [-0.15, -0.1) is 0 Å². The fraction of sp³-hybridized carbons (Fsp3) is 0.0833. The minimum Gasteiger partial charge on any atom is -0.452 e. The van der Waals surface area contributed by atoms with Crippen molar-refractivity contribution in [2.45, 2.75) is 0 Å². The van der Waals surface area contributed by atoms with Crippen LogP contribution in [0.5, 0.6) is 0 Å². The van der Waals surface area contributed by atoms with E-state index in [1.807, 2.05) is 0 Å². The summed E-state index contributed by atoms with van der Waals surface area (Å²) in [6.45, 7) is -0.575. The number of aromatic nitrogens is 1. The normalized spacial score (nSPS) is 10.1. The van der Waals surface area contributed by atoms with Gasteiger partial charge < -0.3 is 10.5 Å². The standard InChI is InChI=1S/C12H9ClN4O5S/c13-7-2-1-6(3-8(7)14)11(19)22-5-9(18)16-12-15-4-10(23-12)17(20)21/h1-4H,5,14H2,(H,15,16,18). The molecule has 1 aromatic heterocycles. The van der Waals surface area contributed by atoms with Crippen molar-refractivity contribution >= 4 is 50.6 Å². The predicted octanol–water partition coefficient (Wildman–Crippen LogP) is 2.08. The van der Waals surface area contributed by atoms with E-state index in [4.69, 9.17) is 22.1 Å². The highest BCUT2D eigenvalue weighted by Gasteiger charge is 2.15. The summed E-state index contributed by atoms with van der Waals surface area (Å²) in [5.41, 5.74) is 5.91. The molecule has 0 aliphatic carbocycles. The van der Waals surface area contributed by atoms with Gasteiger partial charge in [0.05, 0.1) is 21.2 Å². The van der Waals surface area contributed by atoms with E-state index in [9.17, 15) is 19.7 Å². The maximum absolute atomic E-state index is 11.8. The van der Waals surface area contributed by atoms with Crippen molar-refractivity contribution in [2.24, 2.45) is 0 Å². The Morgan fingerprint density at radius 1 is 1.48 bits per heavy atom. The molecule has 120 valence electrons. The number of rotatable bonds is 5. The molecule has 0 aliphatic rings. The molecular formula is C12H9ClN4O5S. The maximum atomic E-state index is 11.8. The molecule has 2 rings (SSSR count). The maximum Gasteiger partial charge on any atom is 0.345 e. The number of halogens is 1.